The molecule has 2 unspecified atom stereocenters. The lowest BCUT2D eigenvalue weighted by atomic mass is 9.99. The minimum atomic E-state index is 0.642. The molecule has 8 heavy (non-hydrogen) atoms. The summed E-state index contributed by atoms with van der Waals surface area (Å²) in [6.07, 6.45) is 1.30. The Morgan fingerprint density at radius 3 is 2.50 bits per heavy atom. The number of nitrogens with one attached hydrogen (secondary N) is 2. The zero-order valence-corrected chi connectivity index (χ0v) is 5.57. The molecule has 0 radical (unpaired) electrons. The van der Waals surface area contributed by atoms with Crippen LogP contribution in [0.2, 0.25) is 0 Å². The van der Waals surface area contributed by atoms with Crippen LogP contribution in [0.1, 0.15) is 20.3 Å². The van der Waals surface area contributed by atoms with E-state index in [1.54, 1.807) is 0 Å². The van der Waals surface area contributed by atoms with Crippen molar-refractivity contribution in [2.45, 2.75) is 26.3 Å². The van der Waals surface area contributed by atoms with Crippen LogP contribution in [-0.2, 0) is 0 Å². The molecule has 2 nitrogen and oxygen atoms in total. The van der Waals surface area contributed by atoms with Gasteiger partial charge in [-0.3, -0.25) is 10.9 Å². The second kappa shape index (κ2) is 2.46. The van der Waals surface area contributed by atoms with Crippen LogP contribution in [0.3, 0.4) is 0 Å². The summed E-state index contributed by atoms with van der Waals surface area (Å²) in [5, 5.41) is 0. The first-order valence-electron chi connectivity index (χ1n) is 3.29. The third-order valence-electron chi connectivity index (χ3n) is 1.91. The van der Waals surface area contributed by atoms with Gasteiger partial charge in [-0.15, -0.1) is 0 Å². The van der Waals surface area contributed by atoms with E-state index >= 15 is 0 Å². The van der Waals surface area contributed by atoms with Gasteiger partial charge in [0.05, 0.1) is 0 Å². The molecule has 0 aromatic rings. The maximum Gasteiger partial charge on any atom is 0.0210 e. The van der Waals surface area contributed by atoms with Crippen LogP contribution in [0, 0.1) is 5.92 Å². The van der Waals surface area contributed by atoms with E-state index in [2.05, 4.69) is 24.7 Å². The zero-order valence-electron chi connectivity index (χ0n) is 5.57. The molecule has 1 saturated heterocycles. The van der Waals surface area contributed by atoms with Gasteiger partial charge in [-0.25, -0.2) is 0 Å². The number of hydrazine groups is 1. The molecule has 1 heterocycles. The average Bonchev–Trinajstić information content (AvgIpc) is 1.77. The Labute approximate surface area is 50.6 Å². The smallest absolute Gasteiger partial charge is 0.0210 e. The Bertz CT molecular complexity index is 62.9. The molecule has 0 spiro atoms. The minimum Gasteiger partial charge on any atom is -0.258 e. The van der Waals surface area contributed by atoms with Gasteiger partial charge in [0, 0.05) is 12.6 Å². The summed E-state index contributed by atoms with van der Waals surface area (Å²) in [6, 6.07) is 0.642. The zero-order chi connectivity index (χ0) is 5.98. The Hall–Kier alpha value is -0.0800. The fourth-order valence-corrected chi connectivity index (χ4v) is 0.925. The summed E-state index contributed by atoms with van der Waals surface area (Å²) in [5.41, 5.74) is 6.30. The van der Waals surface area contributed by atoms with Crippen LogP contribution in [0.5, 0.6) is 0 Å². The average molecular weight is 114 g/mol. The second-order valence-electron chi connectivity index (χ2n) is 2.63. The van der Waals surface area contributed by atoms with Gasteiger partial charge in [0.25, 0.3) is 0 Å². The fourth-order valence-electron chi connectivity index (χ4n) is 0.925. The third-order valence-corrected chi connectivity index (χ3v) is 1.91. The summed E-state index contributed by atoms with van der Waals surface area (Å²) in [6.45, 7) is 5.60. The van der Waals surface area contributed by atoms with E-state index in [4.69, 9.17) is 0 Å². The molecule has 1 rings (SSSR count). The molecule has 0 amide bonds. The number of rotatable bonds is 0. The summed E-state index contributed by atoms with van der Waals surface area (Å²) in [5.74, 6) is 0.830. The predicted octanol–water partition coefficient (Wildman–Crippen LogP) is 0.509. The minimum absolute atomic E-state index is 0.642. The Morgan fingerprint density at radius 2 is 2.12 bits per heavy atom. The standard InChI is InChI=1S/C6H14N2/c1-5-3-4-7-8-6(5)2/h5-8H,3-4H2,1-2H3. The Balaban J connectivity index is 2.28. The van der Waals surface area contributed by atoms with Gasteiger partial charge < -0.3 is 0 Å². The van der Waals surface area contributed by atoms with Crippen molar-refractivity contribution >= 4 is 0 Å². The highest BCUT2D eigenvalue weighted by Crippen LogP contribution is 2.08. The first-order chi connectivity index (χ1) is 3.80. The quantitative estimate of drug-likeness (QED) is 0.479. The molecule has 0 aromatic carbocycles. The van der Waals surface area contributed by atoms with Crippen molar-refractivity contribution in [2.24, 2.45) is 5.92 Å². The van der Waals surface area contributed by atoms with E-state index in [0.717, 1.165) is 12.5 Å². The molecule has 2 N–H and O–H groups in total. The van der Waals surface area contributed by atoms with E-state index in [1.165, 1.54) is 6.42 Å². The first-order valence-corrected chi connectivity index (χ1v) is 3.29. The Kier molecular flexibility index (Phi) is 1.86. The van der Waals surface area contributed by atoms with Gasteiger partial charge in [-0.1, -0.05) is 6.92 Å². The molecule has 0 aliphatic carbocycles. The molecule has 0 aromatic heterocycles. The van der Waals surface area contributed by atoms with Crippen LogP contribution < -0.4 is 10.9 Å². The summed E-state index contributed by atoms with van der Waals surface area (Å²) < 4.78 is 0. The van der Waals surface area contributed by atoms with Crippen molar-refractivity contribution in [1.82, 2.24) is 10.9 Å². The molecular formula is C6H14N2. The highest BCUT2D eigenvalue weighted by molar-refractivity contribution is 4.71. The molecule has 2 atom stereocenters. The predicted molar refractivity (Wildman–Crippen MR) is 34.4 cm³/mol. The van der Waals surface area contributed by atoms with Crippen molar-refractivity contribution in [3.63, 3.8) is 0 Å². The Morgan fingerprint density at radius 1 is 1.38 bits per heavy atom. The lowest BCUT2D eigenvalue weighted by molar-refractivity contribution is 0.277. The topological polar surface area (TPSA) is 24.1 Å². The van der Waals surface area contributed by atoms with Crippen molar-refractivity contribution < 1.29 is 0 Å². The highest BCUT2D eigenvalue weighted by Gasteiger charge is 2.14. The summed E-state index contributed by atoms with van der Waals surface area (Å²) >= 11 is 0. The van der Waals surface area contributed by atoms with E-state index in [0.29, 0.717) is 6.04 Å². The van der Waals surface area contributed by atoms with E-state index in [1.807, 2.05) is 0 Å². The largest absolute Gasteiger partial charge is 0.258 e. The monoisotopic (exact) mass is 114 g/mol. The fraction of sp³-hybridized carbons (Fsp3) is 1.00. The number of hydrogen-bond donors (Lipinski definition) is 2. The summed E-state index contributed by atoms with van der Waals surface area (Å²) in [7, 11) is 0. The highest BCUT2D eigenvalue weighted by atomic mass is 15.4. The van der Waals surface area contributed by atoms with Crippen LogP contribution >= 0.6 is 0 Å². The normalized spacial score (nSPS) is 39.8. The van der Waals surface area contributed by atoms with E-state index < -0.39 is 0 Å². The van der Waals surface area contributed by atoms with Crippen LogP contribution in [0.15, 0.2) is 0 Å². The van der Waals surface area contributed by atoms with Crippen molar-refractivity contribution in [3.05, 3.63) is 0 Å². The van der Waals surface area contributed by atoms with Crippen LogP contribution in [0.25, 0.3) is 0 Å². The lowest BCUT2D eigenvalue weighted by Crippen LogP contribution is -2.48. The van der Waals surface area contributed by atoms with Gasteiger partial charge in [0.2, 0.25) is 0 Å². The van der Waals surface area contributed by atoms with Gasteiger partial charge in [-0.2, -0.15) is 0 Å². The van der Waals surface area contributed by atoms with E-state index in [-0.39, 0.29) is 0 Å². The maximum atomic E-state index is 3.18. The maximum absolute atomic E-state index is 3.18. The number of hydrogen-bond acceptors (Lipinski definition) is 2. The molecule has 1 fully saturated rings. The van der Waals surface area contributed by atoms with Crippen molar-refractivity contribution in [3.8, 4) is 0 Å². The molecular weight excluding hydrogens is 100 g/mol. The molecule has 1 aliphatic rings. The van der Waals surface area contributed by atoms with Gasteiger partial charge in [-0.05, 0) is 19.3 Å². The molecule has 0 saturated carbocycles. The van der Waals surface area contributed by atoms with Crippen LogP contribution in [-0.4, -0.2) is 12.6 Å². The van der Waals surface area contributed by atoms with E-state index in [9.17, 15) is 0 Å². The van der Waals surface area contributed by atoms with Gasteiger partial charge in [0.1, 0.15) is 0 Å². The lowest BCUT2D eigenvalue weighted by Gasteiger charge is -2.27. The van der Waals surface area contributed by atoms with Gasteiger partial charge in [0.15, 0.2) is 0 Å². The molecule has 48 valence electrons. The second-order valence-corrected chi connectivity index (χ2v) is 2.63. The van der Waals surface area contributed by atoms with Crippen molar-refractivity contribution in [1.29, 1.82) is 0 Å². The summed E-state index contributed by atoms with van der Waals surface area (Å²) in [4.78, 5) is 0. The molecule has 1 aliphatic heterocycles. The molecule has 2 heteroatoms. The van der Waals surface area contributed by atoms with Gasteiger partial charge >= 0.3 is 0 Å². The SMILES string of the molecule is CC1CCNNC1C. The first kappa shape index (κ1) is 6.05. The van der Waals surface area contributed by atoms with Crippen LogP contribution in [0.4, 0.5) is 0 Å². The molecule has 0 bridgehead atoms. The van der Waals surface area contributed by atoms with Crippen molar-refractivity contribution in [2.75, 3.05) is 6.54 Å². The third kappa shape index (κ3) is 1.20.